The number of fused-ring (bicyclic) bond motifs is 7. The second-order valence-corrected chi connectivity index (χ2v) is 13.6. The third-order valence-electron chi connectivity index (χ3n) is 10.9. The van der Waals surface area contributed by atoms with Crippen molar-refractivity contribution in [2.75, 3.05) is 6.61 Å². The number of alkyl halides is 1. The number of Topliss-reactive ketones (excluding diaryl/α,β-unsaturated/α-hetero) is 1. The standard InChI is InChI=1S/C31H34F2N2O10/c1-27(2)44-22-10-18-17-6-5-15-9-16(36)7-8-28(15,3)30(17,33)20(37)12-29(18,4)31(22,45-27)21(38)14-43-24(40)11-23(39)35-25(41)19(32)13-34-26(35)42/h7-9,13,17-18,20,22,37H,5-6,10-12,14H2,1-4H3,(H,34,42)/t17?,18?,20-,22+,28-,29-,30-,31+/m0/s1. The number of esters is 1. The van der Waals surface area contributed by atoms with Gasteiger partial charge in [0.1, 0.15) is 6.42 Å². The van der Waals surface area contributed by atoms with Crippen molar-refractivity contribution in [2.24, 2.45) is 22.7 Å². The largest absolute Gasteiger partial charge is 0.457 e. The SMILES string of the molecule is CC1(C)O[C@@H]2CC3C4CCC5=CC(=O)C=C[C@]5(C)[C@@]4(F)[C@@H](O)C[C@]3(C)[C@]2(C(=O)COC(=O)CC(=O)n2c(=O)[nH]cc(F)c2=O)O1. The molecule has 3 saturated carbocycles. The number of hydrogen-bond donors (Lipinski definition) is 2. The third-order valence-corrected chi connectivity index (χ3v) is 10.9. The Hall–Kier alpha value is -3.62. The molecular weight excluding hydrogens is 598 g/mol. The van der Waals surface area contributed by atoms with Gasteiger partial charge >= 0.3 is 11.7 Å². The summed E-state index contributed by atoms with van der Waals surface area (Å²) in [7, 11) is 0. The molecule has 4 fully saturated rings. The zero-order chi connectivity index (χ0) is 32.9. The second-order valence-electron chi connectivity index (χ2n) is 13.6. The van der Waals surface area contributed by atoms with E-state index in [9.17, 15) is 38.3 Å². The maximum atomic E-state index is 17.5. The van der Waals surface area contributed by atoms with Crippen LogP contribution in [0.25, 0.3) is 0 Å². The van der Waals surface area contributed by atoms with E-state index in [0.717, 1.165) is 0 Å². The molecule has 0 aromatic carbocycles. The average molecular weight is 633 g/mol. The number of aromatic amines is 1. The monoisotopic (exact) mass is 632 g/mol. The fraction of sp³-hybridized carbons (Fsp3) is 0.613. The highest BCUT2D eigenvalue weighted by molar-refractivity contribution is 6.01. The summed E-state index contributed by atoms with van der Waals surface area (Å²) >= 11 is 0. The number of rotatable bonds is 5. The molecule has 1 aromatic rings. The van der Waals surface area contributed by atoms with Crippen LogP contribution in [0.1, 0.15) is 64.6 Å². The first-order valence-electron chi connectivity index (χ1n) is 14.8. The van der Waals surface area contributed by atoms with E-state index in [1.807, 2.05) is 4.98 Å². The lowest BCUT2D eigenvalue weighted by atomic mass is 9.44. The number of ether oxygens (including phenoxy) is 3. The summed E-state index contributed by atoms with van der Waals surface area (Å²) in [6.45, 7) is 5.75. The molecule has 45 heavy (non-hydrogen) atoms. The Morgan fingerprint density at radius 3 is 2.58 bits per heavy atom. The molecule has 12 nitrogen and oxygen atoms in total. The first kappa shape index (κ1) is 31.4. The number of H-pyrrole nitrogens is 1. The maximum Gasteiger partial charge on any atom is 0.335 e. The van der Waals surface area contributed by atoms with Crippen LogP contribution in [-0.2, 0) is 28.6 Å². The van der Waals surface area contributed by atoms with Crippen molar-refractivity contribution in [2.45, 2.75) is 89.1 Å². The Bertz CT molecular complexity index is 1710. The molecule has 14 heteroatoms. The number of aliphatic hydroxyl groups excluding tert-OH is 1. The summed E-state index contributed by atoms with van der Waals surface area (Å²) in [5.74, 6) is -7.52. The summed E-state index contributed by atoms with van der Waals surface area (Å²) in [6, 6.07) is 0. The summed E-state index contributed by atoms with van der Waals surface area (Å²) in [4.78, 5) is 76.9. The predicted octanol–water partition coefficient (Wildman–Crippen LogP) is 1.69. The van der Waals surface area contributed by atoms with Crippen LogP contribution >= 0.6 is 0 Å². The van der Waals surface area contributed by atoms with Gasteiger partial charge in [0.25, 0.3) is 5.56 Å². The average Bonchev–Trinajstić information content (AvgIpc) is 3.36. The van der Waals surface area contributed by atoms with E-state index in [0.29, 0.717) is 24.6 Å². The fourth-order valence-electron chi connectivity index (χ4n) is 8.99. The van der Waals surface area contributed by atoms with Gasteiger partial charge in [-0.1, -0.05) is 18.6 Å². The second kappa shape index (κ2) is 9.94. The molecule has 8 atom stereocenters. The van der Waals surface area contributed by atoms with Crippen LogP contribution in [0.2, 0.25) is 0 Å². The molecule has 0 radical (unpaired) electrons. The van der Waals surface area contributed by atoms with Crippen LogP contribution in [-0.4, -0.2) is 74.0 Å². The number of carbonyl (C=O) groups is 4. The van der Waals surface area contributed by atoms with E-state index in [2.05, 4.69) is 0 Å². The van der Waals surface area contributed by atoms with Gasteiger partial charge in [-0.05, 0) is 64.5 Å². The third kappa shape index (κ3) is 4.17. The molecule has 1 aromatic heterocycles. The van der Waals surface area contributed by atoms with Crippen LogP contribution in [0.3, 0.4) is 0 Å². The maximum absolute atomic E-state index is 17.5. The molecule has 5 aliphatic rings. The van der Waals surface area contributed by atoms with Gasteiger partial charge in [-0.3, -0.25) is 24.0 Å². The van der Waals surface area contributed by atoms with Gasteiger partial charge < -0.3 is 24.3 Å². The topological polar surface area (TPSA) is 171 Å². The van der Waals surface area contributed by atoms with Crippen LogP contribution in [0.5, 0.6) is 0 Å². The predicted molar refractivity (Wildman–Crippen MR) is 149 cm³/mol. The van der Waals surface area contributed by atoms with Gasteiger partial charge in [-0.15, -0.1) is 0 Å². The summed E-state index contributed by atoms with van der Waals surface area (Å²) in [5, 5.41) is 11.6. The molecule has 4 aliphatic carbocycles. The number of ketones is 2. The van der Waals surface area contributed by atoms with Crippen molar-refractivity contribution in [3.63, 3.8) is 0 Å². The number of aliphatic hydroxyl groups is 1. The van der Waals surface area contributed by atoms with E-state index < -0.39 is 99.7 Å². The van der Waals surface area contributed by atoms with Crippen molar-refractivity contribution in [3.05, 3.63) is 56.7 Å². The Morgan fingerprint density at radius 2 is 1.87 bits per heavy atom. The highest BCUT2D eigenvalue weighted by Gasteiger charge is 2.80. The van der Waals surface area contributed by atoms with Crippen molar-refractivity contribution in [3.8, 4) is 0 Å². The fourth-order valence-corrected chi connectivity index (χ4v) is 8.99. The van der Waals surface area contributed by atoms with Gasteiger partial charge in [0.15, 0.2) is 29.4 Å². The Balaban J connectivity index is 1.28. The van der Waals surface area contributed by atoms with E-state index in [1.54, 1.807) is 27.7 Å². The van der Waals surface area contributed by atoms with Crippen LogP contribution < -0.4 is 11.2 Å². The van der Waals surface area contributed by atoms with Crippen LogP contribution in [0, 0.1) is 28.5 Å². The molecule has 6 rings (SSSR count). The molecular formula is C31H34F2N2O10. The Morgan fingerprint density at radius 1 is 1.16 bits per heavy atom. The van der Waals surface area contributed by atoms with Crippen LogP contribution in [0.15, 0.2) is 39.6 Å². The van der Waals surface area contributed by atoms with Crippen molar-refractivity contribution in [1.82, 2.24) is 9.55 Å². The van der Waals surface area contributed by atoms with E-state index in [-0.39, 0.29) is 23.2 Å². The number of aromatic nitrogens is 2. The van der Waals surface area contributed by atoms with Gasteiger partial charge in [-0.2, -0.15) is 8.96 Å². The molecule has 2 heterocycles. The normalized spacial score (nSPS) is 39.3. The Labute approximate surface area is 255 Å². The van der Waals surface area contributed by atoms with Crippen molar-refractivity contribution in [1.29, 1.82) is 0 Å². The minimum absolute atomic E-state index is 0.0819. The zero-order valence-corrected chi connectivity index (χ0v) is 25.2. The number of hydrogen-bond acceptors (Lipinski definition) is 10. The minimum atomic E-state index is -2.16. The lowest BCUT2D eigenvalue weighted by molar-refractivity contribution is -0.246. The lowest BCUT2D eigenvalue weighted by Gasteiger charge is -2.62. The van der Waals surface area contributed by atoms with E-state index in [4.69, 9.17) is 14.2 Å². The summed E-state index contributed by atoms with van der Waals surface area (Å²) in [6.07, 6.45) is 1.91. The number of allylic oxidation sites excluding steroid dienone is 4. The van der Waals surface area contributed by atoms with Gasteiger partial charge in [0, 0.05) is 22.9 Å². The zero-order valence-electron chi connectivity index (χ0n) is 25.2. The minimum Gasteiger partial charge on any atom is -0.457 e. The van der Waals surface area contributed by atoms with Crippen LogP contribution in [0.4, 0.5) is 8.78 Å². The lowest BCUT2D eigenvalue weighted by Crippen LogP contribution is -2.70. The summed E-state index contributed by atoms with van der Waals surface area (Å²) < 4.78 is 48.7. The number of carbonyl (C=O) groups excluding carboxylic acids is 4. The molecule has 0 amide bonds. The quantitative estimate of drug-likeness (QED) is 0.360. The number of nitrogens with one attached hydrogen (secondary N) is 1. The molecule has 0 bridgehead atoms. The summed E-state index contributed by atoms with van der Waals surface area (Å²) in [5.41, 5.74) is -8.54. The first-order chi connectivity index (χ1) is 20.9. The molecule has 1 aliphatic heterocycles. The van der Waals surface area contributed by atoms with Gasteiger partial charge in [-0.25, -0.2) is 9.18 Å². The molecule has 1 saturated heterocycles. The van der Waals surface area contributed by atoms with Gasteiger partial charge in [0.2, 0.25) is 17.5 Å². The molecule has 0 spiro atoms. The highest BCUT2D eigenvalue weighted by atomic mass is 19.1. The number of halogens is 2. The Kier molecular flexibility index (Phi) is 6.93. The van der Waals surface area contributed by atoms with Crippen molar-refractivity contribution >= 4 is 23.4 Å². The van der Waals surface area contributed by atoms with E-state index >= 15 is 4.39 Å². The number of nitrogens with zero attached hydrogens (tertiary/aromatic N) is 1. The molecule has 242 valence electrons. The smallest absolute Gasteiger partial charge is 0.335 e. The highest BCUT2D eigenvalue weighted by Crippen LogP contribution is 2.72. The molecule has 2 unspecified atom stereocenters. The van der Waals surface area contributed by atoms with Crippen molar-refractivity contribution < 1.29 is 47.3 Å². The van der Waals surface area contributed by atoms with Gasteiger partial charge in [0.05, 0.1) is 12.2 Å². The first-order valence-corrected chi connectivity index (χ1v) is 14.8. The molecule has 2 N–H and O–H groups in total. The van der Waals surface area contributed by atoms with E-state index in [1.165, 1.54) is 18.2 Å².